The van der Waals surface area contributed by atoms with Crippen LogP contribution in [0.15, 0.2) is 36.8 Å². The minimum atomic E-state index is -0.363. The lowest BCUT2D eigenvalue weighted by Gasteiger charge is -2.14. The van der Waals surface area contributed by atoms with Crippen LogP contribution >= 0.6 is 22.9 Å². The van der Waals surface area contributed by atoms with Crippen LogP contribution in [0.1, 0.15) is 44.0 Å². The van der Waals surface area contributed by atoms with Crippen molar-refractivity contribution in [2.75, 3.05) is 12.4 Å². The second kappa shape index (κ2) is 9.67. The number of ether oxygens (including phenoxy) is 1. The van der Waals surface area contributed by atoms with Gasteiger partial charge in [0.1, 0.15) is 16.6 Å². The minimum Gasteiger partial charge on any atom is -0.494 e. The van der Waals surface area contributed by atoms with E-state index in [0.29, 0.717) is 52.9 Å². The van der Waals surface area contributed by atoms with Crippen LogP contribution < -0.4 is 10.1 Å². The van der Waals surface area contributed by atoms with Crippen LogP contribution in [0.2, 0.25) is 5.15 Å². The fraction of sp³-hybridized carbons (Fsp3) is 0.250. The van der Waals surface area contributed by atoms with E-state index < -0.39 is 0 Å². The summed E-state index contributed by atoms with van der Waals surface area (Å²) in [7, 11) is 1.53. The minimum absolute atomic E-state index is 0.140. The molecule has 0 bridgehead atoms. The molecule has 4 aromatic heterocycles. The van der Waals surface area contributed by atoms with Gasteiger partial charge in [0.2, 0.25) is 0 Å². The summed E-state index contributed by atoms with van der Waals surface area (Å²) in [5.41, 5.74) is 3.51. The maximum atomic E-state index is 13.3. The first-order chi connectivity index (χ1) is 17.4. The highest BCUT2D eigenvalue weighted by molar-refractivity contribution is 7.16. The molecule has 0 aliphatic carbocycles. The Morgan fingerprint density at radius 3 is 2.75 bits per heavy atom. The predicted molar refractivity (Wildman–Crippen MR) is 135 cm³/mol. The van der Waals surface area contributed by atoms with E-state index in [4.69, 9.17) is 16.3 Å². The predicted octanol–water partition coefficient (Wildman–Crippen LogP) is 4.20. The van der Waals surface area contributed by atoms with Crippen molar-refractivity contribution in [3.05, 3.63) is 69.5 Å². The number of carbonyl (C=O) groups excluding carboxylic acids is 2. The number of rotatable bonds is 6. The summed E-state index contributed by atoms with van der Waals surface area (Å²) in [6, 6.07) is 5.17. The van der Waals surface area contributed by atoms with Crippen molar-refractivity contribution in [1.82, 2.24) is 29.6 Å². The second-order valence-electron chi connectivity index (χ2n) is 8.14. The fourth-order valence-electron chi connectivity index (χ4n) is 3.97. The molecule has 0 saturated heterocycles. The maximum Gasteiger partial charge on any atom is 0.275 e. The van der Waals surface area contributed by atoms with Gasteiger partial charge in [0, 0.05) is 35.8 Å². The summed E-state index contributed by atoms with van der Waals surface area (Å²) in [6.45, 7) is 5.29. The van der Waals surface area contributed by atoms with Gasteiger partial charge in [-0.05, 0) is 32.0 Å². The molecule has 36 heavy (non-hydrogen) atoms. The number of aromatic nitrogens is 5. The summed E-state index contributed by atoms with van der Waals surface area (Å²) in [5, 5.41) is 7.91. The lowest BCUT2D eigenvalue weighted by Crippen LogP contribution is -2.26. The topological polar surface area (TPSA) is 115 Å². The molecule has 0 atom stereocenters. The number of amides is 2. The smallest absolute Gasteiger partial charge is 0.275 e. The number of hydrogen-bond donors (Lipinski definition) is 1. The molecule has 0 spiro atoms. The first-order valence-electron chi connectivity index (χ1n) is 11.2. The highest BCUT2D eigenvalue weighted by Crippen LogP contribution is 2.35. The molecule has 0 unspecified atom stereocenters. The number of hydrogen-bond acceptors (Lipinski definition) is 8. The standard InChI is InChI=1S/C24H22ClN7O3S/c1-4-32-6-5-17(30-32)23(34)31-11-18-20(12-31)36-24(28-18)29-22(33)16-9-26-13(2)7-14(16)15-8-21(25)27-10-19(15)35-3/h5-10H,4,11-12H2,1-3H3,(H,28,29,33). The largest absolute Gasteiger partial charge is 0.494 e. The van der Waals surface area contributed by atoms with E-state index in [1.54, 1.807) is 34.0 Å². The molecule has 4 aromatic rings. The molecule has 1 N–H and O–H groups in total. The van der Waals surface area contributed by atoms with Gasteiger partial charge in [0.15, 0.2) is 5.13 Å². The molecule has 1 aliphatic rings. The third kappa shape index (κ3) is 4.54. The number of nitrogens with one attached hydrogen (secondary N) is 1. The number of carbonyl (C=O) groups is 2. The summed E-state index contributed by atoms with van der Waals surface area (Å²) < 4.78 is 7.15. The van der Waals surface area contributed by atoms with Gasteiger partial charge in [0.25, 0.3) is 11.8 Å². The van der Waals surface area contributed by atoms with Crippen LogP contribution in [0.5, 0.6) is 5.75 Å². The summed E-state index contributed by atoms with van der Waals surface area (Å²) in [4.78, 5) is 41.6. The normalized spacial score (nSPS) is 12.5. The molecule has 184 valence electrons. The van der Waals surface area contributed by atoms with Gasteiger partial charge in [-0.3, -0.25) is 24.6 Å². The Kier molecular flexibility index (Phi) is 6.42. The molecule has 1 aliphatic heterocycles. The number of fused-ring (bicyclic) bond motifs is 1. The SMILES string of the molecule is CCn1ccc(C(=O)N2Cc3nc(NC(=O)c4cnc(C)cc4-c4cc(Cl)ncc4OC)sc3C2)n1. The Morgan fingerprint density at radius 1 is 1.19 bits per heavy atom. The Labute approximate surface area is 215 Å². The van der Waals surface area contributed by atoms with Gasteiger partial charge in [0.05, 0.1) is 42.5 Å². The third-order valence-electron chi connectivity index (χ3n) is 5.77. The van der Waals surface area contributed by atoms with Crippen LogP contribution in [0.3, 0.4) is 0 Å². The van der Waals surface area contributed by atoms with E-state index in [9.17, 15) is 9.59 Å². The molecule has 10 nitrogen and oxygen atoms in total. The molecular formula is C24H22ClN7O3S. The first-order valence-corrected chi connectivity index (χ1v) is 12.3. The molecular weight excluding hydrogens is 502 g/mol. The highest BCUT2D eigenvalue weighted by Gasteiger charge is 2.29. The van der Waals surface area contributed by atoms with Gasteiger partial charge in [-0.1, -0.05) is 22.9 Å². The summed E-state index contributed by atoms with van der Waals surface area (Å²) in [6.07, 6.45) is 4.82. The zero-order chi connectivity index (χ0) is 25.4. The molecule has 5 heterocycles. The third-order valence-corrected chi connectivity index (χ3v) is 6.98. The number of halogens is 1. The summed E-state index contributed by atoms with van der Waals surface area (Å²) in [5.74, 6) is -0.0166. The van der Waals surface area contributed by atoms with Gasteiger partial charge < -0.3 is 9.64 Å². The van der Waals surface area contributed by atoms with E-state index >= 15 is 0 Å². The first kappa shape index (κ1) is 23.9. The number of nitrogens with zero attached hydrogens (tertiary/aromatic N) is 6. The number of aryl methyl sites for hydroxylation is 2. The maximum absolute atomic E-state index is 13.3. The number of pyridine rings is 2. The van der Waals surface area contributed by atoms with Crippen molar-refractivity contribution in [2.45, 2.75) is 33.5 Å². The van der Waals surface area contributed by atoms with Gasteiger partial charge in [-0.15, -0.1) is 0 Å². The Hall–Kier alpha value is -3.83. The van der Waals surface area contributed by atoms with Gasteiger partial charge in [-0.2, -0.15) is 5.10 Å². The van der Waals surface area contributed by atoms with Crippen LogP contribution in [0, 0.1) is 6.92 Å². The van der Waals surface area contributed by atoms with Gasteiger partial charge >= 0.3 is 0 Å². The van der Waals surface area contributed by atoms with E-state index in [1.165, 1.54) is 30.8 Å². The van der Waals surface area contributed by atoms with Gasteiger partial charge in [-0.25, -0.2) is 9.97 Å². The molecule has 0 radical (unpaired) electrons. The quantitative estimate of drug-likeness (QED) is 0.377. The Bertz CT molecular complexity index is 1460. The van der Waals surface area contributed by atoms with E-state index in [0.717, 1.165) is 16.3 Å². The van der Waals surface area contributed by atoms with Crippen molar-refractivity contribution in [2.24, 2.45) is 0 Å². The highest BCUT2D eigenvalue weighted by atomic mass is 35.5. The molecule has 2 amide bonds. The number of methoxy groups -OCH3 is 1. The fourth-order valence-corrected chi connectivity index (χ4v) is 5.11. The lowest BCUT2D eigenvalue weighted by atomic mass is 10.0. The zero-order valence-electron chi connectivity index (χ0n) is 19.8. The van der Waals surface area contributed by atoms with Crippen molar-refractivity contribution < 1.29 is 14.3 Å². The Morgan fingerprint density at radius 2 is 2.03 bits per heavy atom. The monoisotopic (exact) mass is 523 g/mol. The van der Waals surface area contributed by atoms with Crippen LogP contribution in [0.25, 0.3) is 11.1 Å². The number of thiazole rings is 1. The molecule has 0 aromatic carbocycles. The lowest BCUT2D eigenvalue weighted by molar-refractivity contribution is 0.0743. The molecule has 0 saturated carbocycles. The van der Waals surface area contributed by atoms with Crippen molar-refractivity contribution in [3.63, 3.8) is 0 Å². The van der Waals surface area contributed by atoms with E-state index in [1.807, 2.05) is 13.8 Å². The average molecular weight is 524 g/mol. The van der Waals surface area contributed by atoms with Crippen LogP contribution in [-0.2, 0) is 19.6 Å². The molecule has 5 rings (SSSR count). The van der Waals surface area contributed by atoms with Crippen molar-refractivity contribution in [1.29, 1.82) is 0 Å². The van der Waals surface area contributed by atoms with Crippen molar-refractivity contribution >= 4 is 39.9 Å². The van der Waals surface area contributed by atoms with Crippen LogP contribution in [-0.4, -0.2) is 48.6 Å². The molecule has 12 heteroatoms. The van der Waals surface area contributed by atoms with E-state index in [2.05, 4.69) is 25.4 Å². The number of anilines is 1. The van der Waals surface area contributed by atoms with Crippen LogP contribution in [0.4, 0.5) is 5.13 Å². The van der Waals surface area contributed by atoms with E-state index in [-0.39, 0.29) is 17.0 Å². The Balaban J connectivity index is 1.35. The second-order valence-corrected chi connectivity index (χ2v) is 9.61. The average Bonchev–Trinajstić information content (AvgIpc) is 3.58. The summed E-state index contributed by atoms with van der Waals surface area (Å²) >= 11 is 7.47. The van der Waals surface area contributed by atoms with Crippen molar-refractivity contribution in [3.8, 4) is 16.9 Å². The molecule has 0 fully saturated rings. The zero-order valence-corrected chi connectivity index (χ0v) is 21.4.